The number of benzene rings is 1. The molecule has 27 heavy (non-hydrogen) atoms. The molecule has 8 nitrogen and oxygen atoms in total. The minimum absolute atomic E-state index is 0.0755. The zero-order valence-corrected chi connectivity index (χ0v) is 16.3. The summed E-state index contributed by atoms with van der Waals surface area (Å²) >= 11 is 0. The lowest BCUT2D eigenvalue weighted by Gasteiger charge is -2.23. The van der Waals surface area contributed by atoms with Crippen LogP contribution in [0.4, 0.5) is 11.6 Å². The number of carbonyl (C=O) groups is 1. The van der Waals surface area contributed by atoms with Crippen molar-refractivity contribution in [3.63, 3.8) is 0 Å². The fourth-order valence-corrected chi connectivity index (χ4v) is 4.74. The van der Waals surface area contributed by atoms with Gasteiger partial charge in [-0.05, 0) is 31.5 Å². The predicted molar refractivity (Wildman–Crippen MR) is 103 cm³/mol. The van der Waals surface area contributed by atoms with Crippen LogP contribution in [0.25, 0.3) is 0 Å². The van der Waals surface area contributed by atoms with Crippen LogP contribution in [0, 0.1) is 6.92 Å². The van der Waals surface area contributed by atoms with Crippen LogP contribution in [0.3, 0.4) is 0 Å². The van der Waals surface area contributed by atoms with E-state index < -0.39 is 9.84 Å². The van der Waals surface area contributed by atoms with Crippen LogP contribution in [0.1, 0.15) is 22.6 Å². The molecule has 2 aromatic rings. The molecular weight excluding hydrogens is 368 g/mol. The van der Waals surface area contributed by atoms with E-state index in [1.54, 1.807) is 56.3 Å². The number of nitrogens with zero attached hydrogens (tertiary/aromatic N) is 3. The van der Waals surface area contributed by atoms with Gasteiger partial charge in [-0.25, -0.2) is 18.4 Å². The Morgan fingerprint density at radius 3 is 2.74 bits per heavy atom. The molecule has 1 N–H and O–H groups in total. The van der Waals surface area contributed by atoms with Crippen molar-refractivity contribution in [1.82, 2.24) is 9.97 Å². The van der Waals surface area contributed by atoms with Crippen LogP contribution in [0.5, 0.6) is 5.75 Å². The lowest BCUT2D eigenvalue weighted by molar-refractivity contribution is 0.102. The van der Waals surface area contributed by atoms with Gasteiger partial charge in [-0.2, -0.15) is 0 Å². The van der Waals surface area contributed by atoms with E-state index in [0.717, 1.165) is 0 Å². The van der Waals surface area contributed by atoms with Gasteiger partial charge in [-0.1, -0.05) is 6.07 Å². The molecule has 1 aromatic heterocycles. The van der Waals surface area contributed by atoms with E-state index >= 15 is 0 Å². The highest BCUT2D eigenvalue weighted by Gasteiger charge is 2.32. The quantitative estimate of drug-likeness (QED) is 0.828. The number of anilines is 2. The third-order valence-corrected chi connectivity index (χ3v) is 6.22. The Bertz CT molecular complexity index is 962. The Hall–Kier alpha value is -2.68. The molecular formula is C18H22N4O4S. The van der Waals surface area contributed by atoms with E-state index in [0.29, 0.717) is 29.5 Å². The molecule has 1 aromatic carbocycles. The van der Waals surface area contributed by atoms with E-state index in [1.165, 1.54) is 0 Å². The van der Waals surface area contributed by atoms with Gasteiger partial charge in [0.25, 0.3) is 5.91 Å². The molecule has 1 saturated heterocycles. The van der Waals surface area contributed by atoms with Gasteiger partial charge in [0, 0.05) is 30.5 Å². The number of hydrogen-bond acceptors (Lipinski definition) is 7. The number of nitrogens with one attached hydrogen (secondary N) is 1. The average Bonchev–Trinajstić information content (AvgIpc) is 3.00. The number of ether oxygens (including phenoxy) is 1. The van der Waals surface area contributed by atoms with Crippen molar-refractivity contribution in [1.29, 1.82) is 0 Å². The zero-order valence-electron chi connectivity index (χ0n) is 15.5. The van der Waals surface area contributed by atoms with Crippen molar-refractivity contribution >= 4 is 27.4 Å². The molecule has 0 radical (unpaired) electrons. The summed E-state index contributed by atoms with van der Waals surface area (Å²) in [4.78, 5) is 23.0. The summed E-state index contributed by atoms with van der Waals surface area (Å²) in [5, 5.41) is 2.79. The minimum atomic E-state index is -3.02. The summed E-state index contributed by atoms with van der Waals surface area (Å²) in [7, 11) is 0.289. The highest BCUT2D eigenvalue weighted by atomic mass is 32.2. The Kier molecular flexibility index (Phi) is 5.31. The van der Waals surface area contributed by atoms with Gasteiger partial charge >= 0.3 is 0 Å². The van der Waals surface area contributed by atoms with Crippen LogP contribution in [-0.4, -0.2) is 56.0 Å². The van der Waals surface area contributed by atoms with Gasteiger partial charge in [-0.15, -0.1) is 0 Å². The van der Waals surface area contributed by atoms with Crippen molar-refractivity contribution in [3.8, 4) is 5.75 Å². The molecule has 1 aliphatic heterocycles. The number of methoxy groups -OCH3 is 1. The molecule has 144 valence electrons. The van der Waals surface area contributed by atoms with Gasteiger partial charge in [0.15, 0.2) is 9.84 Å². The first-order chi connectivity index (χ1) is 12.8. The van der Waals surface area contributed by atoms with Crippen LogP contribution in [0.2, 0.25) is 0 Å². The second-order valence-corrected chi connectivity index (χ2v) is 8.78. The average molecular weight is 390 g/mol. The third-order valence-electron chi connectivity index (χ3n) is 4.47. The fraction of sp³-hybridized carbons (Fsp3) is 0.389. The molecule has 0 bridgehead atoms. The SMILES string of the molecule is COc1cccc(NC(=O)c2cc(C)nc(N(C)C3CCS(=O)(=O)C3)n2)c1. The second kappa shape index (κ2) is 7.51. The maximum atomic E-state index is 12.6. The van der Waals surface area contributed by atoms with Crippen LogP contribution >= 0.6 is 0 Å². The number of aromatic nitrogens is 2. The van der Waals surface area contributed by atoms with Gasteiger partial charge in [0.1, 0.15) is 11.4 Å². The number of hydrogen-bond donors (Lipinski definition) is 1. The highest BCUT2D eigenvalue weighted by Crippen LogP contribution is 2.22. The molecule has 0 aliphatic carbocycles. The van der Waals surface area contributed by atoms with E-state index in [9.17, 15) is 13.2 Å². The number of rotatable bonds is 5. The van der Waals surface area contributed by atoms with Crippen LogP contribution < -0.4 is 15.0 Å². The lowest BCUT2D eigenvalue weighted by Crippen LogP contribution is -2.34. The zero-order chi connectivity index (χ0) is 19.6. The summed E-state index contributed by atoms with van der Waals surface area (Å²) in [5.74, 6) is 0.841. The molecule has 1 unspecified atom stereocenters. The van der Waals surface area contributed by atoms with Crippen LogP contribution in [0.15, 0.2) is 30.3 Å². The lowest BCUT2D eigenvalue weighted by atomic mass is 10.2. The highest BCUT2D eigenvalue weighted by molar-refractivity contribution is 7.91. The minimum Gasteiger partial charge on any atom is -0.497 e. The molecule has 1 amide bonds. The second-order valence-electron chi connectivity index (χ2n) is 6.55. The van der Waals surface area contributed by atoms with Crippen molar-refractivity contribution in [2.45, 2.75) is 19.4 Å². The van der Waals surface area contributed by atoms with Gasteiger partial charge in [-0.3, -0.25) is 4.79 Å². The molecule has 9 heteroatoms. The maximum absolute atomic E-state index is 12.6. The van der Waals surface area contributed by atoms with Gasteiger partial charge in [0.2, 0.25) is 5.95 Å². The standard InChI is InChI=1S/C18H22N4O4S/c1-12-9-16(17(23)20-13-5-4-6-15(10-13)26-3)21-18(19-12)22(2)14-7-8-27(24,25)11-14/h4-6,9-10,14H,7-8,11H2,1-3H3,(H,20,23). The number of aryl methyl sites for hydroxylation is 1. The fourth-order valence-electron chi connectivity index (χ4n) is 2.97. The van der Waals surface area contributed by atoms with E-state index in [4.69, 9.17) is 4.74 Å². The third kappa shape index (κ3) is 4.54. The molecule has 3 rings (SSSR count). The summed E-state index contributed by atoms with van der Waals surface area (Å²) < 4.78 is 28.6. The summed E-state index contributed by atoms with van der Waals surface area (Å²) in [5.41, 5.74) is 1.43. The largest absolute Gasteiger partial charge is 0.497 e. The molecule has 1 aliphatic rings. The van der Waals surface area contributed by atoms with E-state index in [-0.39, 0.29) is 29.1 Å². The number of carbonyl (C=O) groups excluding carboxylic acids is 1. The van der Waals surface area contributed by atoms with Crippen LogP contribution in [-0.2, 0) is 9.84 Å². The first-order valence-electron chi connectivity index (χ1n) is 8.52. The van der Waals surface area contributed by atoms with Crippen molar-refractivity contribution in [2.24, 2.45) is 0 Å². The number of amides is 1. The molecule has 1 fully saturated rings. The Morgan fingerprint density at radius 2 is 2.07 bits per heavy atom. The molecule has 2 heterocycles. The Labute approximate surface area is 158 Å². The molecule has 0 spiro atoms. The van der Waals surface area contributed by atoms with Crippen molar-refractivity contribution < 1.29 is 17.9 Å². The summed E-state index contributed by atoms with van der Waals surface area (Å²) in [6, 6.07) is 8.43. The Morgan fingerprint density at radius 1 is 1.30 bits per heavy atom. The van der Waals surface area contributed by atoms with Gasteiger partial charge in [0.05, 0.1) is 18.6 Å². The molecule has 1 atom stereocenters. The first kappa shape index (κ1) is 19.1. The smallest absolute Gasteiger partial charge is 0.274 e. The topological polar surface area (TPSA) is 101 Å². The van der Waals surface area contributed by atoms with E-state index in [2.05, 4.69) is 15.3 Å². The Balaban J connectivity index is 1.81. The van der Waals surface area contributed by atoms with Gasteiger partial charge < -0.3 is 15.0 Å². The molecule has 0 saturated carbocycles. The maximum Gasteiger partial charge on any atom is 0.274 e. The first-order valence-corrected chi connectivity index (χ1v) is 10.3. The summed E-state index contributed by atoms with van der Waals surface area (Å²) in [6.07, 6.45) is 0.529. The predicted octanol–water partition coefficient (Wildman–Crippen LogP) is 1.67. The monoisotopic (exact) mass is 390 g/mol. The normalized spacial score (nSPS) is 18.1. The van der Waals surface area contributed by atoms with Crippen molar-refractivity contribution in [3.05, 3.63) is 41.7 Å². The van der Waals surface area contributed by atoms with Crippen molar-refractivity contribution in [2.75, 3.05) is 35.9 Å². The van der Waals surface area contributed by atoms with E-state index in [1.807, 2.05) is 0 Å². The number of sulfone groups is 1. The summed E-state index contributed by atoms with van der Waals surface area (Å²) in [6.45, 7) is 1.77.